The summed E-state index contributed by atoms with van der Waals surface area (Å²) in [7, 11) is -4.06. The number of anilines is 1. The summed E-state index contributed by atoms with van der Waals surface area (Å²) >= 11 is 0. The van der Waals surface area contributed by atoms with Crippen LogP contribution in [-0.4, -0.2) is 27.0 Å². The number of amides is 1. The van der Waals surface area contributed by atoms with E-state index >= 15 is 0 Å². The molecule has 3 rings (SSSR count). The van der Waals surface area contributed by atoms with Gasteiger partial charge in [0.2, 0.25) is 0 Å². The molecular weight excluding hydrogens is 323 g/mol. The van der Waals surface area contributed by atoms with Gasteiger partial charge >= 0.3 is 0 Å². The highest BCUT2D eigenvalue weighted by Gasteiger charge is 2.36. The average molecular weight is 336 g/mol. The number of fused-ring (bicyclic) bond motifs is 1. The van der Waals surface area contributed by atoms with Gasteiger partial charge in [0.25, 0.3) is 15.9 Å². The first-order valence-electron chi connectivity index (χ1n) is 6.73. The molecule has 6 nitrogen and oxygen atoms in total. The van der Waals surface area contributed by atoms with Crippen molar-refractivity contribution in [1.82, 2.24) is 0 Å². The first kappa shape index (κ1) is 15.3. The summed E-state index contributed by atoms with van der Waals surface area (Å²) < 4.78 is 45.5. The number of rotatable bonds is 3. The van der Waals surface area contributed by atoms with E-state index in [0.29, 0.717) is 0 Å². The third kappa shape index (κ3) is 2.72. The molecule has 0 saturated heterocycles. The minimum absolute atomic E-state index is 0.211. The first-order valence-corrected chi connectivity index (χ1v) is 8.17. The normalized spacial score (nSPS) is 17.3. The van der Waals surface area contributed by atoms with E-state index in [4.69, 9.17) is 10.5 Å². The summed E-state index contributed by atoms with van der Waals surface area (Å²) in [5.74, 6) is -1.22. The number of hydrogen-bond donors (Lipinski definition) is 1. The third-order valence-corrected chi connectivity index (χ3v) is 5.21. The van der Waals surface area contributed by atoms with Crippen LogP contribution in [0.5, 0.6) is 5.75 Å². The molecule has 0 aliphatic carbocycles. The average Bonchev–Trinajstić information content (AvgIpc) is 2.53. The summed E-state index contributed by atoms with van der Waals surface area (Å²) in [6.07, 6.45) is -1.12. The van der Waals surface area contributed by atoms with E-state index in [1.807, 2.05) is 0 Å². The number of nitrogens with two attached hydrogens (primary N) is 1. The van der Waals surface area contributed by atoms with Crippen LogP contribution >= 0.6 is 0 Å². The number of primary amides is 1. The highest BCUT2D eigenvalue weighted by molar-refractivity contribution is 7.92. The number of carbonyl (C=O) groups is 1. The quantitative estimate of drug-likeness (QED) is 0.914. The molecule has 120 valence electrons. The lowest BCUT2D eigenvalue weighted by Gasteiger charge is -2.34. The molecule has 0 spiro atoms. The Labute approximate surface area is 132 Å². The van der Waals surface area contributed by atoms with Gasteiger partial charge < -0.3 is 10.5 Å². The molecule has 2 N–H and O–H groups in total. The zero-order valence-electron chi connectivity index (χ0n) is 11.8. The zero-order valence-corrected chi connectivity index (χ0v) is 12.7. The molecule has 1 amide bonds. The van der Waals surface area contributed by atoms with Gasteiger partial charge in [-0.1, -0.05) is 18.2 Å². The molecule has 23 heavy (non-hydrogen) atoms. The molecular formula is C15H13FN2O4S. The van der Waals surface area contributed by atoms with E-state index in [1.165, 1.54) is 12.1 Å². The fourth-order valence-corrected chi connectivity index (χ4v) is 3.84. The lowest BCUT2D eigenvalue weighted by atomic mass is 10.2. The van der Waals surface area contributed by atoms with Crippen LogP contribution in [0.15, 0.2) is 53.4 Å². The van der Waals surface area contributed by atoms with Crippen molar-refractivity contribution in [2.75, 3.05) is 10.8 Å². The van der Waals surface area contributed by atoms with Crippen molar-refractivity contribution in [2.45, 2.75) is 11.0 Å². The first-order chi connectivity index (χ1) is 10.9. The molecule has 1 unspecified atom stereocenters. The minimum Gasteiger partial charge on any atom is -0.476 e. The molecule has 1 aliphatic heterocycles. The Morgan fingerprint density at radius 1 is 1.22 bits per heavy atom. The van der Waals surface area contributed by atoms with Crippen LogP contribution in [0.3, 0.4) is 0 Å². The summed E-state index contributed by atoms with van der Waals surface area (Å²) in [6, 6.07) is 11.0. The van der Waals surface area contributed by atoms with Gasteiger partial charge in [-0.15, -0.1) is 0 Å². The monoisotopic (exact) mass is 336 g/mol. The van der Waals surface area contributed by atoms with Crippen LogP contribution < -0.4 is 14.8 Å². The Hall–Kier alpha value is -2.61. The van der Waals surface area contributed by atoms with Gasteiger partial charge in [0.15, 0.2) is 6.10 Å². The summed E-state index contributed by atoms with van der Waals surface area (Å²) in [5.41, 5.74) is 5.52. The van der Waals surface area contributed by atoms with Gasteiger partial charge in [-0.05, 0) is 30.3 Å². The highest BCUT2D eigenvalue weighted by Crippen LogP contribution is 2.36. The molecule has 2 aromatic carbocycles. The third-order valence-electron chi connectivity index (χ3n) is 3.44. The number of carbonyl (C=O) groups excluding carboxylic acids is 1. The molecule has 0 bridgehead atoms. The SMILES string of the molecule is NC(=O)C1CN(S(=O)(=O)c2cccc(F)c2)c2ccccc2O1. The molecule has 0 saturated carbocycles. The number of nitrogens with zero attached hydrogens (tertiary/aromatic N) is 1. The molecule has 0 fully saturated rings. The fourth-order valence-electron chi connectivity index (χ4n) is 2.33. The minimum atomic E-state index is -4.06. The van der Waals surface area contributed by atoms with E-state index in [-0.39, 0.29) is 22.9 Å². The van der Waals surface area contributed by atoms with Crippen molar-refractivity contribution in [1.29, 1.82) is 0 Å². The second-order valence-corrected chi connectivity index (χ2v) is 6.83. The standard InChI is InChI=1S/C15H13FN2O4S/c16-10-4-3-5-11(8-10)23(20,21)18-9-14(15(17)19)22-13-7-2-1-6-12(13)18/h1-8,14H,9H2,(H2,17,19). The molecule has 1 aliphatic rings. The fraction of sp³-hybridized carbons (Fsp3) is 0.133. The smallest absolute Gasteiger partial charge is 0.264 e. The van der Waals surface area contributed by atoms with Gasteiger partial charge in [-0.25, -0.2) is 12.8 Å². The lowest BCUT2D eigenvalue weighted by molar-refractivity contribution is -0.124. The van der Waals surface area contributed by atoms with Crippen LogP contribution in [0.1, 0.15) is 0 Å². The van der Waals surface area contributed by atoms with Crippen LogP contribution in [0.2, 0.25) is 0 Å². The van der Waals surface area contributed by atoms with Crippen LogP contribution in [0.4, 0.5) is 10.1 Å². The Morgan fingerprint density at radius 3 is 2.65 bits per heavy atom. The maximum atomic E-state index is 13.4. The Kier molecular flexibility index (Phi) is 3.69. The zero-order chi connectivity index (χ0) is 16.6. The predicted octanol–water partition coefficient (Wildman–Crippen LogP) is 1.27. The van der Waals surface area contributed by atoms with E-state index in [0.717, 1.165) is 16.4 Å². The molecule has 8 heteroatoms. The second-order valence-electron chi connectivity index (χ2n) is 4.97. The van der Waals surface area contributed by atoms with Crippen molar-refractivity contribution in [3.63, 3.8) is 0 Å². The van der Waals surface area contributed by atoms with E-state index in [1.54, 1.807) is 24.3 Å². The molecule has 2 aromatic rings. The van der Waals surface area contributed by atoms with Crippen molar-refractivity contribution in [2.24, 2.45) is 5.73 Å². The van der Waals surface area contributed by atoms with Crippen molar-refractivity contribution in [3.05, 3.63) is 54.3 Å². The van der Waals surface area contributed by atoms with Crippen molar-refractivity contribution >= 4 is 21.6 Å². The highest BCUT2D eigenvalue weighted by atomic mass is 32.2. The molecule has 0 aromatic heterocycles. The number of para-hydroxylation sites is 2. The van der Waals surface area contributed by atoms with E-state index in [2.05, 4.69) is 0 Å². The number of halogens is 1. The maximum Gasteiger partial charge on any atom is 0.264 e. The lowest BCUT2D eigenvalue weighted by Crippen LogP contribution is -2.49. The van der Waals surface area contributed by atoms with Crippen LogP contribution in [-0.2, 0) is 14.8 Å². The largest absolute Gasteiger partial charge is 0.476 e. The molecule has 0 radical (unpaired) electrons. The Morgan fingerprint density at radius 2 is 1.96 bits per heavy atom. The van der Waals surface area contributed by atoms with Gasteiger partial charge in [-0.2, -0.15) is 0 Å². The van der Waals surface area contributed by atoms with Crippen LogP contribution in [0, 0.1) is 5.82 Å². The van der Waals surface area contributed by atoms with Crippen molar-refractivity contribution in [3.8, 4) is 5.75 Å². The van der Waals surface area contributed by atoms with E-state index in [9.17, 15) is 17.6 Å². The Bertz CT molecular complexity index is 869. The van der Waals surface area contributed by atoms with Gasteiger partial charge in [0, 0.05) is 0 Å². The van der Waals surface area contributed by atoms with Gasteiger partial charge in [-0.3, -0.25) is 9.10 Å². The summed E-state index contributed by atoms with van der Waals surface area (Å²) in [6.45, 7) is -0.273. The molecule has 1 heterocycles. The van der Waals surface area contributed by atoms with Crippen LogP contribution in [0.25, 0.3) is 0 Å². The number of ether oxygens (including phenoxy) is 1. The number of benzene rings is 2. The Balaban J connectivity index is 2.12. The summed E-state index contributed by atoms with van der Waals surface area (Å²) in [5, 5.41) is 0. The van der Waals surface area contributed by atoms with E-state index < -0.39 is 27.9 Å². The van der Waals surface area contributed by atoms with Gasteiger partial charge in [0.05, 0.1) is 17.1 Å². The topological polar surface area (TPSA) is 89.7 Å². The second kappa shape index (κ2) is 5.54. The van der Waals surface area contributed by atoms with Gasteiger partial charge in [0.1, 0.15) is 11.6 Å². The number of sulfonamides is 1. The predicted molar refractivity (Wildman–Crippen MR) is 81.0 cm³/mol. The number of hydrogen-bond acceptors (Lipinski definition) is 4. The summed E-state index contributed by atoms with van der Waals surface area (Å²) in [4.78, 5) is 11.2. The maximum absolute atomic E-state index is 13.4. The van der Waals surface area contributed by atoms with Crippen molar-refractivity contribution < 1.29 is 22.3 Å². The molecule has 1 atom stereocenters.